The smallest absolute Gasteiger partial charge is 0.256 e. The first kappa shape index (κ1) is 10.2. The molecule has 0 aliphatic carbocycles. The fourth-order valence-corrected chi connectivity index (χ4v) is 1.68. The van der Waals surface area contributed by atoms with Crippen LogP contribution in [0.15, 0.2) is 10.7 Å². The molecule has 15 heavy (non-hydrogen) atoms. The van der Waals surface area contributed by atoms with Crippen molar-refractivity contribution in [3.8, 4) is 0 Å². The number of β-amino-alcohol motifs (C(OH)–C–C–N with tert-alkyl or cyclic N) is 1. The molecular formula is C8H15N5O2. The fourth-order valence-electron chi connectivity index (χ4n) is 1.68. The van der Waals surface area contributed by atoms with E-state index < -0.39 is 0 Å². The van der Waals surface area contributed by atoms with Crippen LogP contribution in [0.5, 0.6) is 0 Å². The topological polar surface area (TPSA) is 80.4 Å². The third-order valence-corrected chi connectivity index (χ3v) is 2.51. The molecule has 0 saturated carbocycles. The lowest BCUT2D eigenvalue weighted by Gasteiger charge is -2.29. The van der Waals surface area contributed by atoms with E-state index in [1.807, 2.05) is 5.01 Å². The highest BCUT2D eigenvalue weighted by atomic mass is 16.5. The summed E-state index contributed by atoms with van der Waals surface area (Å²) in [7, 11) is 0. The van der Waals surface area contributed by atoms with Crippen molar-refractivity contribution in [2.45, 2.75) is 0 Å². The minimum atomic E-state index is 0.0628. The van der Waals surface area contributed by atoms with Crippen molar-refractivity contribution in [1.82, 2.24) is 10.2 Å². The Morgan fingerprint density at radius 1 is 1.47 bits per heavy atom. The van der Waals surface area contributed by atoms with Crippen LogP contribution in [0.25, 0.3) is 5.73 Å². The van der Waals surface area contributed by atoms with E-state index in [4.69, 9.17) is 10.8 Å². The van der Waals surface area contributed by atoms with Crippen LogP contribution >= 0.6 is 0 Å². The van der Waals surface area contributed by atoms with Crippen LogP contribution in [0.1, 0.15) is 0 Å². The number of hydrogen-bond acceptors (Lipinski definition) is 5. The van der Waals surface area contributed by atoms with Gasteiger partial charge in [0.1, 0.15) is 5.88 Å². The monoisotopic (exact) mass is 213 g/mol. The highest BCUT2D eigenvalue weighted by Crippen LogP contribution is 2.02. The molecule has 1 aliphatic heterocycles. The summed E-state index contributed by atoms with van der Waals surface area (Å²) in [4.78, 5) is 3.76. The van der Waals surface area contributed by atoms with Crippen molar-refractivity contribution >= 4 is 5.88 Å². The normalized spacial score (nSPS) is 18.3. The van der Waals surface area contributed by atoms with Crippen LogP contribution in [0.3, 0.4) is 0 Å². The molecule has 0 unspecified atom stereocenters. The van der Waals surface area contributed by atoms with E-state index in [1.165, 1.54) is 0 Å². The van der Waals surface area contributed by atoms with E-state index in [1.54, 1.807) is 11.0 Å². The van der Waals surface area contributed by atoms with Gasteiger partial charge in [0.2, 0.25) is 5.27 Å². The van der Waals surface area contributed by atoms with Crippen LogP contribution in [0, 0.1) is 0 Å². The van der Waals surface area contributed by atoms with Gasteiger partial charge in [-0.05, 0) is 0 Å². The maximum absolute atomic E-state index is 8.79. The minimum Gasteiger partial charge on any atom is -0.660 e. The average molecular weight is 213 g/mol. The minimum absolute atomic E-state index is 0.0628. The third kappa shape index (κ3) is 2.37. The standard InChI is InChI=1S/C8H15N5O2/c9-8-7-13(10-15-8)12-3-1-11(2-4-12)5-6-14/h7,9,14H,1-6H2. The van der Waals surface area contributed by atoms with Gasteiger partial charge in [-0.2, -0.15) is 5.01 Å². The zero-order chi connectivity index (χ0) is 10.7. The van der Waals surface area contributed by atoms with Gasteiger partial charge in [0.05, 0.1) is 24.5 Å². The maximum atomic E-state index is 8.79. The van der Waals surface area contributed by atoms with Crippen LogP contribution < -0.4 is 9.80 Å². The molecule has 0 spiro atoms. The van der Waals surface area contributed by atoms with Crippen LogP contribution in [0.2, 0.25) is 0 Å². The molecule has 2 rings (SSSR count). The molecule has 2 N–H and O–H groups in total. The maximum Gasteiger partial charge on any atom is 0.256 e. The van der Waals surface area contributed by atoms with Gasteiger partial charge in [-0.15, -0.1) is 0 Å². The molecule has 0 bridgehead atoms. The van der Waals surface area contributed by atoms with Crippen molar-refractivity contribution in [2.24, 2.45) is 0 Å². The zero-order valence-corrected chi connectivity index (χ0v) is 8.46. The molecule has 0 aromatic carbocycles. The Labute approximate surface area is 87.6 Å². The van der Waals surface area contributed by atoms with Gasteiger partial charge in [-0.3, -0.25) is 4.90 Å². The van der Waals surface area contributed by atoms with Crippen molar-refractivity contribution in [1.29, 1.82) is 0 Å². The van der Waals surface area contributed by atoms with E-state index in [9.17, 15) is 0 Å². The second-order valence-electron chi connectivity index (χ2n) is 3.51. The van der Waals surface area contributed by atoms with Crippen molar-refractivity contribution in [2.75, 3.05) is 44.3 Å². The fraction of sp³-hybridized carbons (Fsp3) is 0.750. The molecule has 84 valence electrons. The molecule has 1 saturated heterocycles. The molecule has 1 fully saturated rings. The summed E-state index contributed by atoms with van der Waals surface area (Å²) >= 11 is 0. The number of rotatable bonds is 3. The number of hydrogen-bond donors (Lipinski definition) is 1. The largest absolute Gasteiger partial charge is 0.660 e. The van der Waals surface area contributed by atoms with Crippen LogP contribution in [0.4, 0.5) is 5.88 Å². The van der Waals surface area contributed by atoms with Crippen molar-refractivity contribution in [3.63, 3.8) is 0 Å². The molecule has 0 atom stereocenters. The highest BCUT2D eigenvalue weighted by molar-refractivity contribution is 5.19. The molecule has 1 aromatic heterocycles. The Morgan fingerprint density at radius 2 is 2.20 bits per heavy atom. The molecule has 7 nitrogen and oxygen atoms in total. The lowest BCUT2D eigenvalue weighted by Crippen LogP contribution is -2.65. The number of aliphatic hydroxyl groups is 1. The first-order valence-electron chi connectivity index (χ1n) is 4.98. The Bertz CT molecular complexity index is 308. The molecule has 0 amide bonds. The molecule has 1 aromatic rings. The zero-order valence-electron chi connectivity index (χ0n) is 8.46. The molecule has 2 heterocycles. The molecule has 7 heteroatoms. The SMILES string of the molecule is [NH-]c1c[n+](N2CCN(CCO)CC2)no1. The average Bonchev–Trinajstić information content (AvgIpc) is 2.67. The van der Waals surface area contributed by atoms with Gasteiger partial charge >= 0.3 is 0 Å². The van der Waals surface area contributed by atoms with Crippen LogP contribution in [-0.4, -0.2) is 54.6 Å². The van der Waals surface area contributed by atoms with E-state index in [2.05, 4.69) is 14.7 Å². The van der Waals surface area contributed by atoms with Crippen molar-refractivity contribution in [3.05, 3.63) is 11.9 Å². The highest BCUT2D eigenvalue weighted by Gasteiger charge is 2.23. The Morgan fingerprint density at radius 3 is 2.73 bits per heavy atom. The van der Waals surface area contributed by atoms with E-state index in [0.29, 0.717) is 0 Å². The molecule has 1 aliphatic rings. The van der Waals surface area contributed by atoms with Gasteiger partial charge < -0.3 is 15.4 Å². The second kappa shape index (κ2) is 4.45. The first-order valence-corrected chi connectivity index (χ1v) is 4.98. The quantitative estimate of drug-likeness (QED) is 0.644. The number of nitrogens with zero attached hydrogens (tertiary/aromatic N) is 4. The van der Waals surface area contributed by atoms with E-state index in [0.717, 1.165) is 32.7 Å². The van der Waals surface area contributed by atoms with Gasteiger partial charge in [0, 0.05) is 19.6 Å². The predicted molar refractivity (Wildman–Crippen MR) is 52.2 cm³/mol. The first-order chi connectivity index (χ1) is 7.29. The van der Waals surface area contributed by atoms with Gasteiger partial charge in [0.15, 0.2) is 0 Å². The summed E-state index contributed by atoms with van der Waals surface area (Å²) in [6.07, 6.45) is 1.54. The van der Waals surface area contributed by atoms with Crippen molar-refractivity contribution < 1.29 is 14.4 Å². The number of aliphatic hydroxyl groups excluding tert-OH is 1. The van der Waals surface area contributed by atoms with Gasteiger partial charge in [-0.25, -0.2) is 0 Å². The van der Waals surface area contributed by atoms with E-state index in [-0.39, 0.29) is 12.5 Å². The van der Waals surface area contributed by atoms with Gasteiger partial charge in [-0.1, -0.05) is 0 Å². The summed E-state index contributed by atoms with van der Waals surface area (Å²) in [5, 5.41) is 14.5. The summed E-state index contributed by atoms with van der Waals surface area (Å²) in [6.45, 7) is 4.38. The summed E-state index contributed by atoms with van der Waals surface area (Å²) in [6, 6.07) is 0. The predicted octanol–water partition coefficient (Wildman–Crippen LogP) is -1.11. The van der Waals surface area contributed by atoms with Gasteiger partial charge in [0.25, 0.3) is 6.20 Å². The molecular weight excluding hydrogens is 198 g/mol. The lowest BCUT2D eigenvalue weighted by molar-refractivity contribution is -0.759. The number of nitrogens with one attached hydrogen (secondary N) is 1. The Balaban J connectivity index is 1.88. The van der Waals surface area contributed by atoms with E-state index >= 15 is 0 Å². The third-order valence-electron chi connectivity index (χ3n) is 2.51. The van der Waals surface area contributed by atoms with Crippen LogP contribution in [-0.2, 0) is 0 Å². The summed E-state index contributed by atoms with van der Waals surface area (Å²) < 4.78 is 4.68. The number of piperazine rings is 1. The molecule has 0 radical (unpaired) electrons. The Hall–Kier alpha value is -1.34. The second-order valence-corrected chi connectivity index (χ2v) is 3.51. The summed E-state index contributed by atoms with van der Waals surface area (Å²) in [5.74, 6) is 0.0628. The summed E-state index contributed by atoms with van der Waals surface area (Å²) in [5.41, 5.74) is 7.22. The lowest BCUT2D eigenvalue weighted by atomic mass is 10.3. The number of aromatic nitrogens is 2. The Kier molecular flexibility index (Phi) is 3.02.